The molecule has 1 heterocycles. The third-order valence-electron chi connectivity index (χ3n) is 6.12. The fourth-order valence-corrected chi connectivity index (χ4v) is 4.71. The number of fused-ring (bicyclic) bond motifs is 1. The van der Waals surface area contributed by atoms with Gasteiger partial charge in [0.05, 0.1) is 5.52 Å². The number of rotatable bonds is 9. The maximum atomic E-state index is 13.6. The van der Waals surface area contributed by atoms with Crippen molar-refractivity contribution in [3.63, 3.8) is 0 Å². The first-order chi connectivity index (χ1) is 16.4. The molecule has 0 atom stereocenters. The molecule has 3 rings (SSSR count). The molecule has 1 aromatic heterocycles. The smallest absolute Gasteiger partial charge is 0.322 e. The van der Waals surface area contributed by atoms with Crippen LogP contribution in [0.15, 0.2) is 42.6 Å². The number of likely N-dealkylation sites (N-methyl/N-ethyl adjacent to an activating group) is 1. The number of benzene rings is 2. The molecule has 0 aliphatic heterocycles. The summed E-state index contributed by atoms with van der Waals surface area (Å²) >= 11 is 0. The lowest BCUT2D eigenvalue weighted by molar-refractivity contribution is -0.145. The van der Waals surface area contributed by atoms with Gasteiger partial charge < -0.3 is 14.7 Å². The molecule has 0 radical (unpaired) electrons. The van der Waals surface area contributed by atoms with Crippen LogP contribution in [0.3, 0.4) is 0 Å². The highest BCUT2D eigenvalue weighted by molar-refractivity contribution is 5.95. The predicted molar refractivity (Wildman–Crippen MR) is 136 cm³/mol. The molecule has 0 amide bonds. The van der Waals surface area contributed by atoms with E-state index in [9.17, 15) is 14.4 Å². The summed E-state index contributed by atoms with van der Waals surface area (Å²) in [6.45, 7) is 8.55. The van der Waals surface area contributed by atoms with Crippen molar-refractivity contribution in [1.82, 2.24) is 9.47 Å². The van der Waals surface area contributed by atoms with E-state index in [4.69, 9.17) is 9.84 Å². The third-order valence-corrected chi connectivity index (χ3v) is 6.12. The minimum Gasteiger partial charge on any atom is -0.481 e. The molecular weight excluding hydrogens is 444 g/mol. The van der Waals surface area contributed by atoms with Crippen LogP contribution in [0.2, 0.25) is 0 Å². The molecular formula is C28H34N2O5. The van der Waals surface area contributed by atoms with E-state index in [0.29, 0.717) is 5.75 Å². The van der Waals surface area contributed by atoms with E-state index in [1.54, 1.807) is 10.6 Å². The van der Waals surface area contributed by atoms with Gasteiger partial charge in [0.1, 0.15) is 12.2 Å². The average molecular weight is 479 g/mol. The van der Waals surface area contributed by atoms with Gasteiger partial charge in [-0.25, -0.2) is 0 Å². The Morgan fingerprint density at radius 2 is 1.77 bits per heavy atom. The monoisotopic (exact) mass is 478 g/mol. The Balaban J connectivity index is 1.96. The molecule has 1 N–H and O–H groups in total. The van der Waals surface area contributed by atoms with E-state index in [2.05, 4.69) is 4.90 Å². The van der Waals surface area contributed by atoms with Crippen LogP contribution in [-0.4, -0.2) is 53.1 Å². The zero-order valence-electron chi connectivity index (χ0n) is 21.3. The fourth-order valence-electron chi connectivity index (χ4n) is 4.71. The predicted octanol–water partition coefficient (Wildman–Crippen LogP) is 4.75. The van der Waals surface area contributed by atoms with Crippen molar-refractivity contribution >= 4 is 28.7 Å². The Morgan fingerprint density at radius 1 is 1.09 bits per heavy atom. The zero-order chi connectivity index (χ0) is 25.9. The third kappa shape index (κ3) is 6.17. The first kappa shape index (κ1) is 26.2. The molecule has 0 saturated carbocycles. The lowest BCUT2D eigenvalue weighted by atomic mass is 9.78. The van der Waals surface area contributed by atoms with E-state index >= 15 is 0 Å². The second kappa shape index (κ2) is 10.4. The molecule has 2 aromatic carbocycles. The summed E-state index contributed by atoms with van der Waals surface area (Å²) in [5, 5.41) is 10.0. The van der Waals surface area contributed by atoms with Gasteiger partial charge in [-0.05, 0) is 63.2 Å². The molecule has 0 fully saturated rings. The number of carboxylic acid groups (broad SMARTS) is 1. The van der Waals surface area contributed by atoms with E-state index < -0.39 is 23.8 Å². The number of hydrogen-bond acceptors (Lipinski definition) is 5. The van der Waals surface area contributed by atoms with Gasteiger partial charge in [0.15, 0.2) is 0 Å². The molecule has 186 valence electrons. The molecule has 7 nitrogen and oxygen atoms in total. The maximum absolute atomic E-state index is 13.6. The number of aromatic nitrogens is 1. The highest BCUT2D eigenvalue weighted by Crippen LogP contribution is 2.39. The molecule has 0 unspecified atom stereocenters. The second-order valence-electron chi connectivity index (χ2n) is 10.0. The summed E-state index contributed by atoms with van der Waals surface area (Å²) in [6, 6.07) is 11.6. The quantitative estimate of drug-likeness (QED) is 0.271. The summed E-state index contributed by atoms with van der Waals surface area (Å²) < 4.78 is 7.20. The normalized spacial score (nSPS) is 11.7. The minimum atomic E-state index is -1.25. The molecule has 0 aliphatic rings. The molecule has 7 heteroatoms. The number of nitrogens with zero attached hydrogens (tertiary/aromatic N) is 2. The van der Waals surface area contributed by atoms with Gasteiger partial charge >= 0.3 is 11.9 Å². The summed E-state index contributed by atoms with van der Waals surface area (Å²) in [6.07, 6.45) is 2.21. The Kier molecular flexibility index (Phi) is 7.80. The first-order valence-electron chi connectivity index (χ1n) is 11.7. The van der Waals surface area contributed by atoms with Crippen molar-refractivity contribution in [3.8, 4) is 5.75 Å². The van der Waals surface area contributed by atoms with Gasteiger partial charge in [-0.1, -0.05) is 38.1 Å². The van der Waals surface area contributed by atoms with Crippen molar-refractivity contribution in [1.29, 1.82) is 0 Å². The largest absolute Gasteiger partial charge is 0.481 e. The van der Waals surface area contributed by atoms with Gasteiger partial charge in [0, 0.05) is 35.5 Å². The van der Waals surface area contributed by atoms with Crippen LogP contribution in [-0.2, 0) is 21.4 Å². The first-order valence-corrected chi connectivity index (χ1v) is 11.7. The lowest BCUT2D eigenvalue weighted by Gasteiger charge is -2.29. The topological polar surface area (TPSA) is 88.8 Å². The SMILES string of the molecule is Cc1cc(C)c(C(C)(C)CC(=O)n2cc(CCN(C)C)c3ccccc32)c(OC(=O)CC(=O)O)c1. The number of esters is 1. The minimum absolute atomic E-state index is 0.0647. The summed E-state index contributed by atoms with van der Waals surface area (Å²) in [7, 11) is 4.05. The van der Waals surface area contributed by atoms with Crippen LogP contribution in [0.5, 0.6) is 5.75 Å². The van der Waals surface area contributed by atoms with Crippen molar-refractivity contribution < 1.29 is 24.2 Å². The summed E-state index contributed by atoms with van der Waals surface area (Å²) in [4.78, 5) is 38.8. The lowest BCUT2D eigenvalue weighted by Crippen LogP contribution is -2.27. The number of carbonyl (C=O) groups is 3. The van der Waals surface area contributed by atoms with E-state index in [1.165, 1.54) is 0 Å². The van der Waals surface area contributed by atoms with Gasteiger partial charge in [-0.15, -0.1) is 0 Å². The average Bonchev–Trinajstić information content (AvgIpc) is 3.09. The number of ether oxygens (including phenoxy) is 1. The van der Waals surface area contributed by atoms with Crippen molar-refractivity contribution in [2.24, 2.45) is 0 Å². The van der Waals surface area contributed by atoms with Crippen LogP contribution in [0.25, 0.3) is 10.9 Å². The number of para-hydroxylation sites is 1. The number of hydrogen-bond donors (Lipinski definition) is 1. The van der Waals surface area contributed by atoms with E-state index in [-0.39, 0.29) is 12.3 Å². The van der Waals surface area contributed by atoms with Gasteiger partial charge in [-0.2, -0.15) is 0 Å². The van der Waals surface area contributed by atoms with Crippen LogP contribution in [0.1, 0.15) is 53.7 Å². The summed E-state index contributed by atoms with van der Waals surface area (Å²) in [5.74, 6) is -1.85. The second-order valence-corrected chi connectivity index (χ2v) is 10.0. The Labute approximate surface area is 206 Å². The molecule has 35 heavy (non-hydrogen) atoms. The van der Waals surface area contributed by atoms with Crippen molar-refractivity contribution in [2.45, 2.75) is 52.4 Å². The number of carbonyl (C=O) groups excluding carboxylic acids is 2. The van der Waals surface area contributed by atoms with Gasteiger partial charge in [-0.3, -0.25) is 19.0 Å². The highest BCUT2D eigenvalue weighted by Gasteiger charge is 2.31. The molecule has 0 bridgehead atoms. The fraction of sp³-hybridized carbons (Fsp3) is 0.393. The van der Waals surface area contributed by atoms with E-state index in [1.807, 2.05) is 78.3 Å². The van der Waals surface area contributed by atoms with Gasteiger partial charge in [0.2, 0.25) is 5.91 Å². The zero-order valence-corrected chi connectivity index (χ0v) is 21.3. The Bertz CT molecular complexity index is 1270. The number of aryl methyl sites for hydroxylation is 2. The number of carboxylic acids is 1. The molecule has 3 aromatic rings. The van der Waals surface area contributed by atoms with Crippen LogP contribution >= 0.6 is 0 Å². The summed E-state index contributed by atoms with van der Waals surface area (Å²) in [5.41, 5.74) is 3.80. The van der Waals surface area contributed by atoms with Crippen LogP contribution < -0.4 is 4.74 Å². The Morgan fingerprint density at radius 3 is 2.43 bits per heavy atom. The molecule has 0 spiro atoms. The van der Waals surface area contributed by atoms with Crippen molar-refractivity contribution in [3.05, 3.63) is 64.8 Å². The molecule has 0 aliphatic carbocycles. The van der Waals surface area contributed by atoms with Crippen molar-refractivity contribution in [2.75, 3.05) is 20.6 Å². The molecule has 0 saturated heterocycles. The van der Waals surface area contributed by atoms with Crippen LogP contribution in [0.4, 0.5) is 0 Å². The standard InChI is InChI=1S/C28H34N2O5/c1-18-13-19(2)27(23(14-18)35-26(34)15-25(32)33)28(3,4)16-24(31)30-17-20(11-12-29(5)6)21-9-7-8-10-22(21)30/h7-10,13-14,17H,11-12,15-16H2,1-6H3,(H,32,33). The van der Waals surface area contributed by atoms with E-state index in [0.717, 1.165) is 46.1 Å². The Hall–Kier alpha value is -3.45. The number of aliphatic carboxylic acids is 1. The highest BCUT2D eigenvalue weighted by atomic mass is 16.5. The maximum Gasteiger partial charge on any atom is 0.322 e. The van der Waals surface area contributed by atoms with Gasteiger partial charge in [0.25, 0.3) is 0 Å². The van der Waals surface area contributed by atoms with Crippen LogP contribution in [0, 0.1) is 13.8 Å².